The molecule has 2 aromatic carbocycles. The van der Waals surface area contributed by atoms with Crippen molar-refractivity contribution in [2.75, 3.05) is 18.0 Å². The van der Waals surface area contributed by atoms with E-state index in [1.54, 1.807) is 12.3 Å². The molecule has 0 atom stereocenters. The van der Waals surface area contributed by atoms with Gasteiger partial charge < -0.3 is 4.90 Å². The summed E-state index contributed by atoms with van der Waals surface area (Å²) in [7, 11) is 0. The third-order valence-electron chi connectivity index (χ3n) is 4.45. The normalized spacial score (nSPS) is 15.9. The Morgan fingerprint density at radius 3 is 2.38 bits per heavy atom. The van der Waals surface area contributed by atoms with Gasteiger partial charge in [-0.3, -0.25) is 4.79 Å². The average Bonchev–Trinajstić information content (AvgIpc) is 3.01. The van der Waals surface area contributed by atoms with E-state index in [1.165, 1.54) is 22.5 Å². The second-order valence-corrected chi connectivity index (χ2v) is 7.97. The van der Waals surface area contributed by atoms with Gasteiger partial charge in [-0.15, -0.1) is 0 Å². The highest BCUT2D eigenvalue weighted by molar-refractivity contribution is 8.26. The smallest absolute Gasteiger partial charge is 0.286 e. The molecule has 0 radical (unpaired) electrons. The molecule has 4 nitrogen and oxygen atoms in total. The van der Waals surface area contributed by atoms with Crippen LogP contribution in [-0.2, 0) is 4.79 Å². The van der Waals surface area contributed by atoms with Gasteiger partial charge >= 0.3 is 0 Å². The predicted molar refractivity (Wildman–Crippen MR) is 129 cm³/mol. The monoisotopic (exact) mass is 421 g/mol. The summed E-state index contributed by atoms with van der Waals surface area (Å²) in [4.78, 5) is 15.5. The second kappa shape index (κ2) is 10.2. The number of thioether (sulfide) groups is 1. The molecule has 1 aliphatic rings. The van der Waals surface area contributed by atoms with Gasteiger partial charge in [-0.05, 0) is 61.5 Å². The summed E-state index contributed by atoms with van der Waals surface area (Å²) in [5.41, 5.74) is 3.21. The van der Waals surface area contributed by atoms with E-state index in [9.17, 15) is 4.79 Å². The zero-order chi connectivity index (χ0) is 20.6. The molecule has 148 valence electrons. The molecule has 6 heteroatoms. The summed E-state index contributed by atoms with van der Waals surface area (Å²) in [6.45, 7) is 6.20. The fourth-order valence-corrected chi connectivity index (χ4v) is 4.08. The molecule has 0 bridgehead atoms. The van der Waals surface area contributed by atoms with Crippen molar-refractivity contribution in [3.8, 4) is 0 Å². The van der Waals surface area contributed by atoms with E-state index < -0.39 is 0 Å². The number of carbonyl (C=O) groups is 1. The Morgan fingerprint density at radius 1 is 1.03 bits per heavy atom. The van der Waals surface area contributed by atoms with E-state index in [1.807, 2.05) is 54.6 Å². The van der Waals surface area contributed by atoms with E-state index in [2.05, 4.69) is 36.0 Å². The van der Waals surface area contributed by atoms with Crippen LogP contribution in [0.25, 0.3) is 12.2 Å². The molecule has 1 amide bonds. The van der Waals surface area contributed by atoms with Crippen LogP contribution in [0.2, 0.25) is 0 Å². The Hall–Kier alpha value is -2.70. The zero-order valence-electron chi connectivity index (χ0n) is 16.5. The second-order valence-electron chi connectivity index (χ2n) is 6.29. The lowest BCUT2D eigenvalue weighted by molar-refractivity contribution is -0.122. The minimum absolute atomic E-state index is 0.197. The van der Waals surface area contributed by atoms with Crippen LogP contribution in [-0.4, -0.2) is 34.5 Å². The molecular formula is C23H23N3OS2. The number of carbonyl (C=O) groups excluding carboxylic acids is 1. The Bertz CT molecular complexity index is 946. The van der Waals surface area contributed by atoms with Crippen molar-refractivity contribution in [1.29, 1.82) is 0 Å². The molecule has 3 rings (SSSR count). The van der Waals surface area contributed by atoms with Crippen molar-refractivity contribution in [2.45, 2.75) is 13.8 Å². The van der Waals surface area contributed by atoms with E-state index in [4.69, 9.17) is 12.2 Å². The number of hydrazone groups is 1. The van der Waals surface area contributed by atoms with Crippen molar-refractivity contribution < 1.29 is 4.79 Å². The van der Waals surface area contributed by atoms with Gasteiger partial charge in [0.05, 0.1) is 4.91 Å². The Balaban J connectivity index is 1.68. The summed E-state index contributed by atoms with van der Waals surface area (Å²) in [5, 5.41) is 5.48. The van der Waals surface area contributed by atoms with Crippen LogP contribution in [0.15, 0.2) is 70.7 Å². The first-order valence-corrected chi connectivity index (χ1v) is 10.7. The van der Waals surface area contributed by atoms with Crippen LogP contribution in [0.3, 0.4) is 0 Å². The van der Waals surface area contributed by atoms with Gasteiger partial charge in [0, 0.05) is 25.0 Å². The van der Waals surface area contributed by atoms with E-state index in [-0.39, 0.29) is 5.91 Å². The Morgan fingerprint density at radius 2 is 1.72 bits per heavy atom. The summed E-state index contributed by atoms with van der Waals surface area (Å²) in [6.07, 6.45) is 7.16. The van der Waals surface area contributed by atoms with Gasteiger partial charge in [-0.1, -0.05) is 60.3 Å². The largest absolute Gasteiger partial charge is 0.372 e. The molecular weight excluding hydrogens is 398 g/mol. The molecule has 1 saturated heterocycles. The molecule has 2 aromatic rings. The van der Waals surface area contributed by atoms with E-state index in [0.29, 0.717) is 9.23 Å². The lowest BCUT2D eigenvalue weighted by atomic mass is 10.1. The van der Waals surface area contributed by atoms with Gasteiger partial charge in [0.15, 0.2) is 4.32 Å². The first kappa shape index (κ1) is 21.0. The quantitative estimate of drug-likeness (QED) is 0.339. The minimum Gasteiger partial charge on any atom is -0.372 e. The molecule has 0 aliphatic carbocycles. The van der Waals surface area contributed by atoms with E-state index in [0.717, 1.165) is 24.2 Å². The van der Waals surface area contributed by atoms with Gasteiger partial charge in [0.2, 0.25) is 0 Å². The maximum absolute atomic E-state index is 12.7. The molecule has 1 fully saturated rings. The van der Waals surface area contributed by atoms with Crippen molar-refractivity contribution in [2.24, 2.45) is 5.10 Å². The topological polar surface area (TPSA) is 35.9 Å². The summed E-state index contributed by atoms with van der Waals surface area (Å²) in [5.74, 6) is -0.197. The van der Waals surface area contributed by atoms with Crippen LogP contribution in [0.4, 0.5) is 5.69 Å². The van der Waals surface area contributed by atoms with Crippen LogP contribution < -0.4 is 4.90 Å². The highest BCUT2D eigenvalue weighted by Crippen LogP contribution is 2.32. The predicted octanol–water partition coefficient (Wildman–Crippen LogP) is 5.43. The zero-order valence-corrected chi connectivity index (χ0v) is 18.1. The number of hydrogen-bond donors (Lipinski definition) is 0. The first-order valence-electron chi connectivity index (χ1n) is 9.51. The molecule has 0 N–H and O–H groups in total. The minimum atomic E-state index is -0.197. The lowest BCUT2D eigenvalue weighted by Gasteiger charge is -2.20. The SMILES string of the molecule is CCN(CC)c1ccc(/C=C2/SC(=S)N(/N=C/C=C\c3ccccc3)C2=O)cc1. The first-order chi connectivity index (χ1) is 14.1. The third-order valence-corrected chi connectivity index (χ3v) is 5.73. The number of nitrogens with zero attached hydrogens (tertiary/aromatic N) is 3. The fraction of sp³-hybridized carbons (Fsp3) is 0.174. The van der Waals surface area contributed by atoms with Gasteiger partial charge in [-0.2, -0.15) is 10.1 Å². The molecule has 1 aliphatic heterocycles. The molecule has 1 heterocycles. The lowest BCUT2D eigenvalue weighted by Crippen LogP contribution is -2.21. The fourth-order valence-electron chi connectivity index (χ4n) is 2.90. The Kier molecular flexibility index (Phi) is 7.38. The number of hydrogen-bond acceptors (Lipinski definition) is 5. The number of benzene rings is 2. The van der Waals surface area contributed by atoms with Gasteiger partial charge in [0.1, 0.15) is 0 Å². The third kappa shape index (κ3) is 5.43. The maximum Gasteiger partial charge on any atom is 0.286 e. The number of anilines is 1. The van der Waals surface area contributed by atoms with Gasteiger partial charge in [-0.25, -0.2) is 0 Å². The van der Waals surface area contributed by atoms with Crippen molar-refractivity contribution in [3.63, 3.8) is 0 Å². The highest BCUT2D eigenvalue weighted by atomic mass is 32.2. The van der Waals surface area contributed by atoms with Crippen molar-refractivity contribution in [3.05, 3.63) is 76.7 Å². The van der Waals surface area contributed by atoms with Gasteiger partial charge in [0.25, 0.3) is 5.91 Å². The molecule has 29 heavy (non-hydrogen) atoms. The molecule has 0 spiro atoms. The summed E-state index contributed by atoms with van der Waals surface area (Å²) >= 11 is 6.59. The standard InChI is InChI=1S/C23H23N3OS2/c1-3-25(4-2)20-14-12-19(13-15-20)17-21-22(27)26(23(28)29-21)24-16-8-11-18-9-6-5-7-10-18/h5-17H,3-4H2,1-2H3/b11-8-,21-17+,24-16+. The Labute approximate surface area is 181 Å². The van der Waals surface area contributed by atoms with Crippen LogP contribution in [0.1, 0.15) is 25.0 Å². The summed E-state index contributed by atoms with van der Waals surface area (Å²) in [6, 6.07) is 18.1. The average molecular weight is 422 g/mol. The number of allylic oxidation sites excluding steroid dienone is 1. The van der Waals surface area contributed by atoms with Crippen molar-refractivity contribution in [1.82, 2.24) is 5.01 Å². The molecule has 0 saturated carbocycles. The number of amides is 1. The number of rotatable bonds is 7. The molecule has 0 unspecified atom stereocenters. The van der Waals surface area contributed by atoms with Crippen molar-refractivity contribution >= 4 is 58.3 Å². The molecule has 0 aromatic heterocycles. The van der Waals surface area contributed by atoms with Crippen LogP contribution in [0.5, 0.6) is 0 Å². The summed E-state index contributed by atoms with van der Waals surface area (Å²) < 4.78 is 0.436. The van der Waals surface area contributed by atoms with E-state index >= 15 is 0 Å². The van der Waals surface area contributed by atoms with Crippen LogP contribution >= 0.6 is 24.0 Å². The highest BCUT2D eigenvalue weighted by Gasteiger charge is 2.31. The van der Waals surface area contributed by atoms with Crippen LogP contribution in [0, 0.1) is 0 Å². The maximum atomic E-state index is 12.7. The number of thiocarbonyl (C=S) groups is 1.